The first kappa shape index (κ1) is 15.2. The number of hydrogen-bond acceptors (Lipinski definition) is 6. The van der Waals surface area contributed by atoms with Gasteiger partial charge in [0.2, 0.25) is 11.7 Å². The largest absolute Gasteiger partial charge is 0.385 e. The summed E-state index contributed by atoms with van der Waals surface area (Å²) in [5.74, 6) is 0.646. The van der Waals surface area contributed by atoms with Gasteiger partial charge in [-0.25, -0.2) is 4.98 Å². The standard InChI is InChI=1S/C12H14Cl2N4O2/c1-19-4-2-3-9(15)12-17-11(18-20-12)10-8(14)5-7(13)6-16-10/h5-6,9H,2-4,15H2,1H3. The molecule has 2 aromatic rings. The molecule has 0 aliphatic rings. The number of rotatable bonds is 6. The lowest BCUT2D eigenvalue weighted by atomic mass is 10.2. The lowest BCUT2D eigenvalue weighted by Crippen LogP contribution is -2.11. The van der Waals surface area contributed by atoms with Crippen LogP contribution in [0.3, 0.4) is 0 Å². The van der Waals surface area contributed by atoms with Crippen molar-refractivity contribution < 1.29 is 9.26 Å². The Bertz CT molecular complexity index is 576. The molecule has 2 N–H and O–H groups in total. The molecule has 0 spiro atoms. The first-order valence-electron chi connectivity index (χ1n) is 6.01. The number of nitrogens with two attached hydrogens (primary N) is 1. The van der Waals surface area contributed by atoms with Crippen molar-refractivity contribution in [3.8, 4) is 11.5 Å². The highest BCUT2D eigenvalue weighted by molar-refractivity contribution is 6.35. The fourth-order valence-corrected chi connectivity index (χ4v) is 2.10. The van der Waals surface area contributed by atoms with Gasteiger partial charge in [0, 0.05) is 19.9 Å². The Morgan fingerprint density at radius 1 is 1.45 bits per heavy atom. The van der Waals surface area contributed by atoms with E-state index in [9.17, 15) is 0 Å². The average molecular weight is 317 g/mol. The molecule has 2 aromatic heterocycles. The number of nitrogens with zero attached hydrogens (tertiary/aromatic N) is 3. The van der Waals surface area contributed by atoms with E-state index < -0.39 is 0 Å². The lowest BCUT2D eigenvalue weighted by Gasteiger charge is -2.05. The Morgan fingerprint density at radius 3 is 2.95 bits per heavy atom. The third kappa shape index (κ3) is 3.67. The molecule has 0 bridgehead atoms. The third-order valence-corrected chi connectivity index (χ3v) is 3.14. The maximum Gasteiger partial charge on any atom is 0.243 e. The number of methoxy groups -OCH3 is 1. The number of hydrogen-bond donors (Lipinski definition) is 1. The second kappa shape index (κ2) is 6.99. The smallest absolute Gasteiger partial charge is 0.243 e. The molecule has 2 rings (SSSR count). The normalized spacial score (nSPS) is 12.6. The summed E-state index contributed by atoms with van der Waals surface area (Å²) >= 11 is 11.8. The topological polar surface area (TPSA) is 87.1 Å². The molecule has 1 atom stereocenters. The second-order valence-electron chi connectivity index (χ2n) is 4.18. The first-order chi connectivity index (χ1) is 9.61. The van der Waals surface area contributed by atoms with Gasteiger partial charge in [0.1, 0.15) is 5.69 Å². The summed E-state index contributed by atoms with van der Waals surface area (Å²) in [6, 6.07) is 1.23. The van der Waals surface area contributed by atoms with Crippen molar-refractivity contribution in [1.29, 1.82) is 0 Å². The van der Waals surface area contributed by atoms with Crippen molar-refractivity contribution in [3.63, 3.8) is 0 Å². The van der Waals surface area contributed by atoms with Crippen molar-refractivity contribution in [2.75, 3.05) is 13.7 Å². The highest BCUT2D eigenvalue weighted by Gasteiger charge is 2.18. The van der Waals surface area contributed by atoms with Crippen LogP contribution in [0.4, 0.5) is 0 Å². The van der Waals surface area contributed by atoms with Crippen LogP contribution >= 0.6 is 23.2 Å². The molecule has 0 aliphatic carbocycles. The minimum atomic E-state index is -0.336. The van der Waals surface area contributed by atoms with Gasteiger partial charge in [-0.15, -0.1) is 0 Å². The molecule has 2 heterocycles. The van der Waals surface area contributed by atoms with Crippen molar-refractivity contribution in [3.05, 3.63) is 28.2 Å². The monoisotopic (exact) mass is 316 g/mol. The lowest BCUT2D eigenvalue weighted by molar-refractivity contribution is 0.188. The van der Waals surface area contributed by atoms with Gasteiger partial charge in [-0.1, -0.05) is 28.4 Å². The molecule has 0 amide bonds. The fraction of sp³-hybridized carbons (Fsp3) is 0.417. The summed E-state index contributed by atoms with van der Waals surface area (Å²) < 4.78 is 10.1. The molecule has 0 aromatic carbocycles. The molecule has 0 aliphatic heterocycles. The summed E-state index contributed by atoms with van der Waals surface area (Å²) in [5, 5.41) is 4.64. The average Bonchev–Trinajstić information content (AvgIpc) is 2.88. The molecule has 0 radical (unpaired) electrons. The molecule has 0 saturated heterocycles. The zero-order valence-corrected chi connectivity index (χ0v) is 12.4. The molecule has 0 fully saturated rings. The zero-order chi connectivity index (χ0) is 14.5. The van der Waals surface area contributed by atoms with Crippen LogP contribution in [0.5, 0.6) is 0 Å². The predicted molar refractivity (Wildman–Crippen MR) is 75.6 cm³/mol. The molecular weight excluding hydrogens is 303 g/mol. The highest BCUT2D eigenvalue weighted by Crippen LogP contribution is 2.26. The van der Waals surface area contributed by atoms with Crippen LogP contribution in [0.15, 0.2) is 16.8 Å². The second-order valence-corrected chi connectivity index (χ2v) is 5.03. The molecule has 0 saturated carbocycles. The summed E-state index contributed by atoms with van der Waals surface area (Å²) in [6.45, 7) is 0.638. The van der Waals surface area contributed by atoms with Crippen LogP contribution < -0.4 is 5.73 Å². The van der Waals surface area contributed by atoms with E-state index in [0.29, 0.717) is 40.5 Å². The Morgan fingerprint density at radius 2 is 2.25 bits per heavy atom. The van der Waals surface area contributed by atoms with E-state index in [0.717, 1.165) is 6.42 Å². The van der Waals surface area contributed by atoms with Crippen LogP contribution in [0.1, 0.15) is 24.8 Å². The van der Waals surface area contributed by atoms with Crippen LogP contribution in [0, 0.1) is 0 Å². The number of halogens is 2. The molecular formula is C12H14Cl2N4O2. The van der Waals surface area contributed by atoms with Gasteiger partial charge in [0.05, 0.1) is 16.1 Å². The minimum absolute atomic E-state index is 0.295. The summed E-state index contributed by atoms with van der Waals surface area (Å²) in [6.07, 6.45) is 2.98. The number of ether oxygens (including phenoxy) is 1. The van der Waals surface area contributed by atoms with Crippen LogP contribution in [-0.2, 0) is 4.74 Å². The fourth-order valence-electron chi connectivity index (χ4n) is 1.63. The van der Waals surface area contributed by atoms with Gasteiger partial charge in [0.25, 0.3) is 0 Å². The molecule has 108 valence electrons. The van der Waals surface area contributed by atoms with E-state index in [1.165, 1.54) is 6.20 Å². The Labute approximate surface area is 126 Å². The van der Waals surface area contributed by atoms with Gasteiger partial charge in [0.15, 0.2) is 0 Å². The van der Waals surface area contributed by atoms with Crippen molar-refractivity contribution in [1.82, 2.24) is 15.1 Å². The predicted octanol–water partition coefficient (Wildman–Crippen LogP) is 2.86. The van der Waals surface area contributed by atoms with Crippen molar-refractivity contribution >= 4 is 23.2 Å². The van der Waals surface area contributed by atoms with E-state index in [1.54, 1.807) is 13.2 Å². The Balaban J connectivity index is 2.12. The van der Waals surface area contributed by atoms with E-state index in [-0.39, 0.29) is 6.04 Å². The Kier molecular flexibility index (Phi) is 5.31. The highest BCUT2D eigenvalue weighted by atomic mass is 35.5. The van der Waals surface area contributed by atoms with Gasteiger partial charge in [-0.2, -0.15) is 4.98 Å². The first-order valence-corrected chi connectivity index (χ1v) is 6.77. The number of pyridine rings is 1. The maximum absolute atomic E-state index is 6.04. The minimum Gasteiger partial charge on any atom is -0.385 e. The zero-order valence-electron chi connectivity index (χ0n) is 10.8. The van der Waals surface area contributed by atoms with Gasteiger partial charge in [-0.05, 0) is 18.9 Å². The van der Waals surface area contributed by atoms with Gasteiger partial charge in [-0.3, -0.25) is 0 Å². The van der Waals surface area contributed by atoms with Gasteiger partial charge < -0.3 is 15.0 Å². The Hall–Kier alpha value is -1.21. The van der Waals surface area contributed by atoms with Crippen LogP contribution in [-0.4, -0.2) is 28.8 Å². The number of aromatic nitrogens is 3. The summed E-state index contributed by atoms with van der Waals surface area (Å²) in [4.78, 5) is 8.30. The molecule has 8 heteroatoms. The van der Waals surface area contributed by atoms with Crippen LogP contribution in [0.25, 0.3) is 11.5 Å². The van der Waals surface area contributed by atoms with Crippen molar-refractivity contribution in [2.24, 2.45) is 5.73 Å². The van der Waals surface area contributed by atoms with Gasteiger partial charge >= 0.3 is 0 Å². The van der Waals surface area contributed by atoms with Crippen molar-refractivity contribution in [2.45, 2.75) is 18.9 Å². The van der Waals surface area contributed by atoms with Crippen LogP contribution in [0.2, 0.25) is 10.0 Å². The quantitative estimate of drug-likeness (QED) is 0.824. The molecule has 6 nitrogen and oxygen atoms in total. The maximum atomic E-state index is 6.04. The van der Waals surface area contributed by atoms with E-state index in [2.05, 4.69) is 15.1 Å². The SMILES string of the molecule is COCCCC(N)c1nc(-c2ncc(Cl)cc2Cl)no1. The van der Waals surface area contributed by atoms with E-state index >= 15 is 0 Å². The third-order valence-electron chi connectivity index (χ3n) is 2.64. The molecule has 20 heavy (non-hydrogen) atoms. The molecule has 1 unspecified atom stereocenters. The summed E-state index contributed by atoms with van der Waals surface area (Å²) in [7, 11) is 1.64. The summed E-state index contributed by atoms with van der Waals surface area (Å²) in [5.41, 5.74) is 6.38. The van der Waals surface area contributed by atoms with E-state index in [1.807, 2.05) is 0 Å². The van der Waals surface area contributed by atoms with E-state index in [4.69, 9.17) is 38.2 Å².